The molecule has 1 saturated carbocycles. The molecule has 1 heterocycles. The number of fused-ring (bicyclic) bond motifs is 1. The lowest BCUT2D eigenvalue weighted by Gasteiger charge is -2.11. The van der Waals surface area contributed by atoms with E-state index in [1.807, 2.05) is 18.2 Å². The van der Waals surface area contributed by atoms with Crippen molar-refractivity contribution >= 4 is 28.4 Å². The summed E-state index contributed by atoms with van der Waals surface area (Å²) in [6.07, 6.45) is 6.38. The Morgan fingerprint density at radius 2 is 2.11 bits per heavy atom. The van der Waals surface area contributed by atoms with Crippen molar-refractivity contribution in [3.63, 3.8) is 0 Å². The summed E-state index contributed by atoms with van der Waals surface area (Å²) in [7, 11) is 0. The van der Waals surface area contributed by atoms with Crippen molar-refractivity contribution in [2.75, 3.05) is 0 Å². The van der Waals surface area contributed by atoms with Crippen molar-refractivity contribution in [1.29, 1.82) is 0 Å². The van der Waals surface area contributed by atoms with Crippen LogP contribution in [0.25, 0.3) is 10.9 Å². The molecule has 2 N–H and O–H groups in total. The summed E-state index contributed by atoms with van der Waals surface area (Å²) in [5, 5.41) is 4.70. The Balaban J connectivity index is 1.86. The normalized spacial score (nSPS) is 16.3. The first-order valence-electron chi connectivity index (χ1n) is 6.31. The second kappa shape index (κ2) is 4.65. The number of halogens is 1. The minimum Gasteiger partial charge on any atom is -0.360 e. The number of hydrogen-bond donors (Lipinski definition) is 2. The molecule has 0 unspecified atom stereocenters. The van der Waals surface area contributed by atoms with Gasteiger partial charge in [-0.05, 0) is 25.0 Å². The summed E-state index contributed by atoms with van der Waals surface area (Å²) in [5.41, 5.74) is 1.60. The van der Waals surface area contributed by atoms with E-state index in [-0.39, 0.29) is 5.91 Å². The average molecular weight is 263 g/mol. The van der Waals surface area contributed by atoms with Gasteiger partial charge in [-0.1, -0.05) is 30.5 Å². The standard InChI is InChI=1S/C14H15ClN2O/c15-9-5-6-11-12(8-16-13(11)7-9)14(18)17-10-3-1-2-4-10/h5-8,10,16H,1-4H2,(H,17,18). The molecule has 0 saturated heterocycles. The van der Waals surface area contributed by atoms with Crippen molar-refractivity contribution in [3.05, 3.63) is 35.0 Å². The van der Waals surface area contributed by atoms with Crippen molar-refractivity contribution < 1.29 is 4.79 Å². The quantitative estimate of drug-likeness (QED) is 0.855. The molecule has 1 aliphatic rings. The molecule has 18 heavy (non-hydrogen) atoms. The van der Waals surface area contributed by atoms with Gasteiger partial charge in [0.2, 0.25) is 0 Å². The first kappa shape index (κ1) is 11.6. The molecule has 1 aromatic carbocycles. The molecule has 0 radical (unpaired) electrons. The zero-order valence-corrected chi connectivity index (χ0v) is 10.8. The lowest BCUT2D eigenvalue weighted by atomic mass is 10.1. The summed E-state index contributed by atoms with van der Waals surface area (Å²) < 4.78 is 0. The highest BCUT2D eigenvalue weighted by Crippen LogP contribution is 2.23. The Hall–Kier alpha value is -1.48. The van der Waals surface area contributed by atoms with Crippen LogP contribution in [0.4, 0.5) is 0 Å². The Morgan fingerprint density at radius 1 is 1.33 bits per heavy atom. The number of H-pyrrole nitrogens is 1. The van der Waals surface area contributed by atoms with Crippen molar-refractivity contribution in [1.82, 2.24) is 10.3 Å². The van der Waals surface area contributed by atoms with E-state index in [4.69, 9.17) is 11.6 Å². The fraction of sp³-hybridized carbons (Fsp3) is 0.357. The van der Waals surface area contributed by atoms with Gasteiger partial charge < -0.3 is 10.3 Å². The molecule has 1 fully saturated rings. The van der Waals surface area contributed by atoms with E-state index in [2.05, 4.69) is 10.3 Å². The Morgan fingerprint density at radius 3 is 2.89 bits per heavy atom. The number of carbonyl (C=O) groups excluding carboxylic acids is 1. The number of rotatable bonds is 2. The molecule has 2 aromatic rings. The van der Waals surface area contributed by atoms with E-state index in [9.17, 15) is 4.79 Å². The lowest BCUT2D eigenvalue weighted by molar-refractivity contribution is 0.0939. The monoisotopic (exact) mass is 262 g/mol. The fourth-order valence-corrected chi connectivity index (χ4v) is 2.79. The van der Waals surface area contributed by atoms with Gasteiger partial charge in [-0.15, -0.1) is 0 Å². The van der Waals surface area contributed by atoms with E-state index in [1.165, 1.54) is 12.8 Å². The van der Waals surface area contributed by atoms with Crippen LogP contribution in [0.3, 0.4) is 0 Å². The molecule has 94 valence electrons. The molecule has 1 aliphatic carbocycles. The van der Waals surface area contributed by atoms with Gasteiger partial charge in [0, 0.05) is 28.2 Å². The SMILES string of the molecule is O=C(NC1CCCC1)c1c[nH]c2cc(Cl)ccc12. The molecule has 3 rings (SSSR count). The molecule has 0 spiro atoms. The molecule has 4 heteroatoms. The van der Waals surface area contributed by atoms with Crippen LogP contribution in [0, 0.1) is 0 Å². The predicted molar refractivity (Wildman–Crippen MR) is 73.0 cm³/mol. The summed E-state index contributed by atoms with van der Waals surface area (Å²) in [6.45, 7) is 0. The molecular weight excluding hydrogens is 248 g/mol. The Bertz CT molecular complexity index is 584. The van der Waals surface area contributed by atoms with Crippen LogP contribution in [0.1, 0.15) is 36.0 Å². The first-order valence-corrected chi connectivity index (χ1v) is 6.69. The number of carbonyl (C=O) groups is 1. The highest BCUT2D eigenvalue weighted by molar-refractivity contribution is 6.31. The number of benzene rings is 1. The molecule has 1 amide bonds. The van der Waals surface area contributed by atoms with E-state index in [1.54, 1.807) is 6.20 Å². The maximum atomic E-state index is 12.2. The van der Waals surface area contributed by atoms with Crippen LogP contribution < -0.4 is 5.32 Å². The first-order chi connectivity index (χ1) is 8.74. The molecule has 0 atom stereocenters. The van der Waals surface area contributed by atoms with Crippen LogP contribution in [-0.2, 0) is 0 Å². The Kier molecular flexibility index (Phi) is 3.00. The zero-order valence-electron chi connectivity index (χ0n) is 10.0. The van der Waals surface area contributed by atoms with Gasteiger partial charge in [0.05, 0.1) is 5.56 Å². The van der Waals surface area contributed by atoms with Gasteiger partial charge >= 0.3 is 0 Å². The number of nitrogens with one attached hydrogen (secondary N) is 2. The number of aromatic amines is 1. The highest BCUT2D eigenvalue weighted by atomic mass is 35.5. The Labute approximate surface area is 111 Å². The summed E-state index contributed by atoms with van der Waals surface area (Å²) in [6, 6.07) is 5.88. The second-order valence-electron chi connectivity index (χ2n) is 4.85. The van der Waals surface area contributed by atoms with Crippen LogP contribution in [0.2, 0.25) is 5.02 Å². The summed E-state index contributed by atoms with van der Waals surface area (Å²) >= 11 is 5.92. The smallest absolute Gasteiger partial charge is 0.253 e. The van der Waals surface area contributed by atoms with Crippen LogP contribution in [0.15, 0.2) is 24.4 Å². The molecule has 0 aliphatic heterocycles. The van der Waals surface area contributed by atoms with Crippen molar-refractivity contribution in [3.8, 4) is 0 Å². The fourth-order valence-electron chi connectivity index (χ4n) is 2.62. The summed E-state index contributed by atoms with van der Waals surface area (Å²) in [4.78, 5) is 15.3. The van der Waals surface area contributed by atoms with Gasteiger partial charge in [0.15, 0.2) is 0 Å². The van der Waals surface area contributed by atoms with Gasteiger partial charge in [0.25, 0.3) is 5.91 Å². The van der Waals surface area contributed by atoms with Crippen LogP contribution in [0.5, 0.6) is 0 Å². The second-order valence-corrected chi connectivity index (χ2v) is 5.28. The maximum Gasteiger partial charge on any atom is 0.253 e. The maximum absolute atomic E-state index is 12.2. The van der Waals surface area contributed by atoms with Gasteiger partial charge in [-0.2, -0.15) is 0 Å². The van der Waals surface area contributed by atoms with Gasteiger partial charge in [-0.3, -0.25) is 4.79 Å². The minimum atomic E-state index is 0.00970. The van der Waals surface area contributed by atoms with Crippen LogP contribution in [-0.4, -0.2) is 16.9 Å². The van der Waals surface area contributed by atoms with Crippen molar-refractivity contribution in [2.45, 2.75) is 31.7 Å². The number of aromatic nitrogens is 1. The van der Waals surface area contributed by atoms with E-state index >= 15 is 0 Å². The van der Waals surface area contributed by atoms with Gasteiger partial charge in [0.1, 0.15) is 0 Å². The molecule has 3 nitrogen and oxygen atoms in total. The molecule has 0 bridgehead atoms. The predicted octanol–water partition coefficient (Wildman–Crippen LogP) is 3.49. The third-order valence-corrected chi connectivity index (χ3v) is 3.81. The summed E-state index contributed by atoms with van der Waals surface area (Å²) in [5.74, 6) is 0.00970. The number of amides is 1. The largest absolute Gasteiger partial charge is 0.360 e. The van der Waals surface area contributed by atoms with E-state index < -0.39 is 0 Å². The van der Waals surface area contributed by atoms with Crippen molar-refractivity contribution in [2.24, 2.45) is 0 Å². The van der Waals surface area contributed by atoms with E-state index in [0.29, 0.717) is 16.6 Å². The average Bonchev–Trinajstić information content (AvgIpc) is 2.97. The third kappa shape index (κ3) is 2.10. The van der Waals surface area contributed by atoms with Crippen LogP contribution >= 0.6 is 11.6 Å². The minimum absolute atomic E-state index is 0.00970. The number of hydrogen-bond acceptors (Lipinski definition) is 1. The van der Waals surface area contributed by atoms with Gasteiger partial charge in [-0.25, -0.2) is 0 Å². The lowest BCUT2D eigenvalue weighted by Crippen LogP contribution is -2.32. The highest BCUT2D eigenvalue weighted by Gasteiger charge is 2.19. The third-order valence-electron chi connectivity index (χ3n) is 3.58. The van der Waals surface area contributed by atoms with E-state index in [0.717, 1.165) is 23.7 Å². The zero-order chi connectivity index (χ0) is 12.5. The molecule has 1 aromatic heterocycles. The topological polar surface area (TPSA) is 44.9 Å². The molecular formula is C14H15ClN2O.